The lowest BCUT2D eigenvalue weighted by atomic mass is 10.0. The zero-order valence-corrected chi connectivity index (χ0v) is 17.3. The van der Waals surface area contributed by atoms with Crippen LogP contribution < -0.4 is 4.74 Å². The van der Waals surface area contributed by atoms with E-state index in [-0.39, 0.29) is 19.0 Å². The largest absolute Gasteiger partial charge is 0.497 e. The van der Waals surface area contributed by atoms with Crippen LogP contribution in [0.1, 0.15) is 35.7 Å². The molecule has 0 aromatic heterocycles. The first-order chi connectivity index (χ1) is 13.3. The zero-order valence-electron chi connectivity index (χ0n) is 16.5. The van der Waals surface area contributed by atoms with Gasteiger partial charge >= 0.3 is 0 Å². The van der Waals surface area contributed by atoms with Crippen LogP contribution in [0.25, 0.3) is 0 Å². The second-order valence-electron chi connectivity index (χ2n) is 7.15. The van der Waals surface area contributed by atoms with Crippen LogP contribution in [0.4, 0.5) is 0 Å². The van der Waals surface area contributed by atoms with Gasteiger partial charge in [-0.15, -0.1) is 0 Å². The van der Waals surface area contributed by atoms with Gasteiger partial charge < -0.3 is 9.64 Å². The SMILES string of the molecule is COc1cccc(C(=O)N2CCN(S(=O)(=O)c3ccc(C(C)C)cc3)CC2)c1. The Morgan fingerprint density at radius 1 is 1.00 bits per heavy atom. The summed E-state index contributed by atoms with van der Waals surface area (Å²) >= 11 is 0. The number of ether oxygens (including phenoxy) is 1. The van der Waals surface area contributed by atoms with E-state index >= 15 is 0 Å². The Morgan fingerprint density at radius 3 is 2.21 bits per heavy atom. The summed E-state index contributed by atoms with van der Waals surface area (Å²) in [4.78, 5) is 14.7. The maximum Gasteiger partial charge on any atom is 0.254 e. The topological polar surface area (TPSA) is 66.9 Å². The summed E-state index contributed by atoms with van der Waals surface area (Å²) in [6.07, 6.45) is 0. The van der Waals surface area contributed by atoms with E-state index in [9.17, 15) is 13.2 Å². The highest BCUT2D eigenvalue weighted by molar-refractivity contribution is 7.89. The number of carbonyl (C=O) groups excluding carboxylic acids is 1. The summed E-state index contributed by atoms with van der Waals surface area (Å²) < 4.78 is 32.4. The quantitative estimate of drug-likeness (QED) is 0.771. The third-order valence-corrected chi connectivity index (χ3v) is 6.94. The molecule has 0 aliphatic carbocycles. The highest BCUT2D eigenvalue weighted by Gasteiger charge is 2.30. The summed E-state index contributed by atoms with van der Waals surface area (Å²) in [6.45, 7) is 5.43. The average Bonchev–Trinajstić information content (AvgIpc) is 2.73. The number of amides is 1. The fourth-order valence-electron chi connectivity index (χ4n) is 3.24. The molecule has 1 heterocycles. The van der Waals surface area contributed by atoms with Gasteiger partial charge in [0, 0.05) is 31.7 Å². The number of hydrogen-bond donors (Lipinski definition) is 0. The van der Waals surface area contributed by atoms with E-state index in [1.54, 1.807) is 48.4 Å². The highest BCUT2D eigenvalue weighted by Crippen LogP contribution is 2.22. The Labute approximate surface area is 166 Å². The van der Waals surface area contributed by atoms with Gasteiger partial charge in [0.25, 0.3) is 5.91 Å². The Morgan fingerprint density at radius 2 is 1.64 bits per heavy atom. The lowest BCUT2D eigenvalue weighted by Gasteiger charge is -2.34. The van der Waals surface area contributed by atoms with Gasteiger partial charge in [-0.25, -0.2) is 8.42 Å². The van der Waals surface area contributed by atoms with Crippen molar-refractivity contribution >= 4 is 15.9 Å². The van der Waals surface area contributed by atoms with Gasteiger partial charge in [-0.05, 0) is 41.8 Å². The fourth-order valence-corrected chi connectivity index (χ4v) is 4.67. The number of benzene rings is 2. The van der Waals surface area contributed by atoms with Gasteiger partial charge in [-0.2, -0.15) is 4.31 Å². The fraction of sp³-hybridized carbons (Fsp3) is 0.381. The molecule has 0 atom stereocenters. The predicted octanol–water partition coefficient (Wildman–Crippen LogP) is 2.97. The van der Waals surface area contributed by atoms with Crippen molar-refractivity contribution in [1.82, 2.24) is 9.21 Å². The molecule has 0 saturated carbocycles. The minimum Gasteiger partial charge on any atom is -0.497 e. The molecule has 28 heavy (non-hydrogen) atoms. The number of nitrogens with zero attached hydrogens (tertiary/aromatic N) is 2. The molecule has 0 unspecified atom stereocenters. The molecule has 150 valence electrons. The standard InChI is InChI=1S/C21H26N2O4S/c1-16(2)17-7-9-20(10-8-17)28(25,26)23-13-11-22(12-14-23)21(24)18-5-4-6-19(15-18)27-3/h4-10,15-16H,11-14H2,1-3H3. The number of carbonyl (C=O) groups is 1. The summed E-state index contributed by atoms with van der Waals surface area (Å²) in [6, 6.07) is 14.0. The molecular weight excluding hydrogens is 376 g/mol. The Bertz CT molecular complexity index is 931. The third kappa shape index (κ3) is 4.20. The zero-order chi connectivity index (χ0) is 20.3. The molecule has 1 fully saturated rings. The highest BCUT2D eigenvalue weighted by atomic mass is 32.2. The lowest BCUT2D eigenvalue weighted by Crippen LogP contribution is -2.50. The molecule has 7 heteroatoms. The van der Waals surface area contributed by atoms with Crippen molar-refractivity contribution in [2.24, 2.45) is 0 Å². The van der Waals surface area contributed by atoms with Gasteiger partial charge in [0.05, 0.1) is 12.0 Å². The van der Waals surface area contributed by atoms with Gasteiger partial charge in [-0.1, -0.05) is 32.0 Å². The van der Waals surface area contributed by atoms with Gasteiger partial charge in [0.1, 0.15) is 5.75 Å². The molecule has 0 bridgehead atoms. The normalized spacial score (nSPS) is 15.6. The van der Waals surface area contributed by atoms with E-state index in [4.69, 9.17) is 4.74 Å². The van der Waals surface area contributed by atoms with Crippen molar-refractivity contribution in [1.29, 1.82) is 0 Å². The minimum absolute atomic E-state index is 0.114. The van der Waals surface area contributed by atoms with Crippen LogP contribution in [0.15, 0.2) is 53.4 Å². The number of hydrogen-bond acceptors (Lipinski definition) is 4. The first kappa shape index (κ1) is 20.4. The number of piperazine rings is 1. The van der Waals surface area contributed by atoms with Crippen LogP contribution >= 0.6 is 0 Å². The molecule has 1 aliphatic rings. The van der Waals surface area contributed by atoms with Gasteiger partial charge in [-0.3, -0.25) is 4.79 Å². The summed E-state index contributed by atoms with van der Waals surface area (Å²) in [5.74, 6) is 0.858. The van der Waals surface area contributed by atoms with E-state index in [1.807, 2.05) is 12.1 Å². The Hall–Kier alpha value is -2.38. The molecule has 0 spiro atoms. The molecule has 2 aromatic carbocycles. The molecule has 6 nitrogen and oxygen atoms in total. The number of methoxy groups -OCH3 is 1. The Balaban J connectivity index is 1.67. The van der Waals surface area contributed by atoms with Crippen LogP contribution in [0.3, 0.4) is 0 Å². The van der Waals surface area contributed by atoms with Crippen LogP contribution in [-0.2, 0) is 10.0 Å². The van der Waals surface area contributed by atoms with Crippen LogP contribution in [0.2, 0.25) is 0 Å². The molecule has 3 rings (SSSR count). The maximum atomic E-state index is 12.9. The van der Waals surface area contributed by atoms with Crippen molar-refractivity contribution in [3.8, 4) is 5.75 Å². The minimum atomic E-state index is -3.55. The smallest absolute Gasteiger partial charge is 0.254 e. The monoisotopic (exact) mass is 402 g/mol. The molecule has 0 N–H and O–H groups in total. The molecule has 1 aliphatic heterocycles. The first-order valence-corrected chi connectivity index (χ1v) is 10.8. The van der Waals surface area contributed by atoms with Crippen LogP contribution in [0.5, 0.6) is 5.75 Å². The summed E-state index contributed by atoms with van der Waals surface area (Å²) in [5.41, 5.74) is 1.65. The lowest BCUT2D eigenvalue weighted by molar-refractivity contribution is 0.0697. The van der Waals surface area contributed by atoms with Crippen molar-refractivity contribution in [3.63, 3.8) is 0 Å². The van der Waals surface area contributed by atoms with Crippen molar-refractivity contribution in [2.45, 2.75) is 24.7 Å². The number of rotatable bonds is 5. The van der Waals surface area contributed by atoms with E-state index < -0.39 is 10.0 Å². The summed E-state index contributed by atoms with van der Waals surface area (Å²) in [5, 5.41) is 0. The maximum absolute atomic E-state index is 12.9. The predicted molar refractivity (Wildman–Crippen MR) is 108 cm³/mol. The van der Waals surface area contributed by atoms with E-state index in [0.29, 0.717) is 35.2 Å². The third-order valence-electron chi connectivity index (χ3n) is 5.03. The van der Waals surface area contributed by atoms with E-state index in [1.165, 1.54) is 4.31 Å². The van der Waals surface area contributed by atoms with Gasteiger partial charge in [0.15, 0.2) is 0 Å². The van der Waals surface area contributed by atoms with E-state index in [0.717, 1.165) is 5.56 Å². The van der Waals surface area contributed by atoms with Crippen LogP contribution in [0, 0.1) is 0 Å². The van der Waals surface area contributed by atoms with Crippen molar-refractivity contribution in [3.05, 3.63) is 59.7 Å². The first-order valence-electron chi connectivity index (χ1n) is 9.36. The molecular formula is C21H26N2O4S. The van der Waals surface area contributed by atoms with Gasteiger partial charge in [0.2, 0.25) is 10.0 Å². The van der Waals surface area contributed by atoms with Crippen LogP contribution in [-0.4, -0.2) is 56.8 Å². The Kier molecular flexibility index (Phi) is 6.05. The average molecular weight is 403 g/mol. The number of sulfonamides is 1. The second kappa shape index (κ2) is 8.32. The summed E-state index contributed by atoms with van der Waals surface area (Å²) in [7, 11) is -2.00. The molecule has 0 radical (unpaired) electrons. The van der Waals surface area contributed by atoms with E-state index in [2.05, 4.69) is 13.8 Å². The molecule has 1 amide bonds. The van der Waals surface area contributed by atoms with Crippen molar-refractivity contribution in [2.75, 3.05) is 33.3 Å². The van der Waals surface area contributed by atoms with Crippen molar-refractivity contribution < 1.29 is 17.9 Å². The molecule has 2 aromatic rings. The second-order valence-corrected chi connectivity index (χ2v) is 9.09. The molecule has 1 saturated heterocycles.